The standard InChI is InChI=1S/C18H22O5/c1-17(2,3)23-16(21)18(10-7-11-22-15(18)20)12-14(19)13-8-5-4-6-9-13/h4-6,8-9H,7,10-12H2,1-3H3. The summed E-state index contributed by atoms with van der Waals surface area (Å²) >= 11 is 0. The molecular formula is C18H22O5. The van der Waals surface area contributed by atoms with Crippen LogP contribution in [-0.2, 0) is 19.1 Å². The minimum Gasteiger partial charge on any atom is -0.465 e. The normalized spacial score (nSPS) is 21.4. The van der Waals surface area contributed by atoms with Gasteiger partial charge in [-0.3, -0.25) is 14.4 Å². The smallest absolute Gasteiger partial charge is 0.324 e. The van der Waals surface area contributed by atoms with Crippen LogP contribution in [0.5, 0.6) is 0 Å². The zero-order valence-electron chi connectivity index (χ0n) is 13.8. The molecule has 0 amide bonds. The Hall–Kier alpha value is -2.17. The third-order valence-corrected chi connectivity index (χ3v) is 3.72. The van der Waals surface area contributed by atoms with Crippen molar-refractivity contribution >= 4 is 17.7 Å². The number of ketones is 1. The maximum Gasteiger partial charge on any atom is 0.324 e. The molecule has 5 heteroatoms. The van der Waals surface area contributed by atoms with Gasteiger partial charge in [-0.05, 0) is 33.6 Å². The number of Topliss-reactive ketones (excluding diaryl/α,β-unsaturated/α-hetero) is 1. The van der Waals surface area contributed by atoms with Crippen molar-refractivity contribution in [2.75, 3.05) is 6.61 Å². The lowest BCUT2D eigenvalue weighted by atomic mass is 9.76. The molecule has 1 unspecified atom stereocenters. The number of ether oxygens (including phenoxy) is 2. The summed E-state index contributed by atoms with van der Waals surface area (Å²) in [5, 5.41) is 0. The molecule has 124 valence electrons. The van der Waals surface area contributed by atoms with Crippen molar-refractivity contribution in [3.05, 3.63) is 35.9 Å². The maximum atomic E-state index is 12.6. The van der Waals surface area contributed by atoms with Gasteiger partial charge in [0.1, 0.15) is 5.60 Å². The highest BCUT2D eigenvalue weighted by Gasteiger charge is 2.52. The molecule has 23 heavy (non-hydrogen) atoms. The molecule has 0 aliphatic carbocycles. The molecule has 0 aromatic heterocycles. The van der Waals surface area contributed by atoms with Crippen molar-refractivity contribution in [1.82, 2.24) is 0 Å². The van der Waals surface area contributed by atoms with Crippen molar-refractivity contribution in [2.24, 2.45) is 5.41 Å². The van der Waals surface area contributed by atoms with Gasteiger partial charge in [0, 0.05) is 12.0 Å². The number of hydrogen-bond donors (Lipinski definition) is 0. The van der Waals surface area contributed by atoms with Crippen LogP contribution >= 0.6 is 0 Å². The number of carbonyl (C=O) groups is 3. The highest BCUT2D eigenvalue weighted by atomic mass is 16.6. The summed E-state index contributed by atoms with van der Waals surface area (Å²) in [5.74, 6) is -1.61. The van der Waals surface area contributed by atoms with Crippen LogP contribution in [0.1, 0.15) is 50.4 Å². The molecule has 1 fully saturated rings. The quantitative estimate of drug-likeness (QED) is 0.485. The first-order chi connectivity index (χ1) is 10.7. The predicted octanol–water partition coefficient (Wildman–Crippen LogP) is 2.92. The van der Waals surface area contributed by atoms with E-state index in [0.29, 0.717) is 12.0 Å². The van der Waals surface area contributed by atoms with E-state index in [9.17, 15) is 14.4 Å². The average molecular weight is 318 g/mol. The van der Waals surface area contributed by atoms with Crippen LogP contribution in [0.3, 0.4) is 0 Å². The van der Waals surface area contributed by atoms with E-state index in [4.69, 9.17) is 9.47 Å². The third kappa shape index (κ3) is 3.97. The molecule has 1 aromatic rings. The van der Waals surface area contributed by atoms with Crippen molar-refractivity contribution in [3.8, 4) is 0 Å². The van der Waals surface area contributed by atoms with E-state index in [1.165, 1.54) is 0 Å². The van der Waals surface area contributed by atoms with Gasteiger partial charge in [-0.15, -0.1) is 0 Å². The van der Waals surface area contributed by atoms with Gasteiger partial charge >= 0.3 is 11.9 Å². The lowest BCUT2D eigenvalue weighted by molar-refractivity contribution is -0.184. The second-order valence-corrected chi connectivity index (χ2v) is 6.79. The second kappa shape index (κ2) is 6.52. The van der Waals surface area contributed by atoms with Gasteiger partial charge in [-0.2, -0.15) is 0 Å². The Morgan fingerprint density at radius 3 is 2.43 bits per heavy atom. The average Bonchev–Trinajstić information content (AvgIpc) is 2.48. The van der Waals surface area contributed by atoms with Gasteiger partial charge in [-0.25, -0.2) is 0 Å². The fraction of sp³-hybridized carbons (Fsp3) is 0.500. The summed E-state index contributed by atoms with van der Waals surface area (Å²) in [6.45, 7) is 5.45. The van der Waals surface area contributed by atoms with Crippen LogP contribution in [0.25, 0.3) is 0 Å². The monoisotopic (exact) mass is 318 g/mol. The van der Waals surface area contributed by atoms with Gasteiger partial charge < -0.3 is 9.47 Å². The van der Waals surface area contributed by atoms with E-state index < -0.39 is 23.0 Å². The van der Waals surface area contributed by atoms with Crippen LogP contribution in [0.2, 0.25) is 0 Å². The molecule has 0 saturated carbocycles. The number of benzene rings is 1. The van der Waals surface area contributed by atoms with Crippen molar-refractivity contribution < 1.29 is 23.9 Å². The number of carbonyl (C=O) groups excluding carboxylic acids is 3. The molecule has 0 N–H and O–H groups in total. The summed E-state index contributed by atoms with van der Waals surface area (Å²) < 4.78 is 10.5. The molecule has 0 spiro atoms. The fourth-order valence-electron chi connectivity index (χ4n) is 2.57. The molecule has 1 aliphatic heterocycles. The van der Waals surface area contributed by atoms with Crippen LogP contribution in [0.15, 0.2) is 30.3 Å². The second-order valence-electron chi connectivity index (χ2n) is 6.79. The van der Waals surface area contributed by atoms with Gasteiger partial charge in [0.05, 0.1) is 6.61 Å². The summed E-state index contributed by atoms with van der Waals surface area (Å²) in [7, 11) is 0. The van der Waals surface area contributed by atoms with E-state index in [0.717, 1.165) is 0 Å². The third-order valence-electron chi connectivity index (χ3n) is 3.72. The van der Waals surface area contributed by atoms with Crippen LogP contribution in [0, 0.1) is 5.41 Å². The Kier molecular flexibility index (Phi) is 4.88. The molecule has 0 radical (unpaired) electrons. The molecule has 1 aliphatic rings. The summed E-state index contributed by atoms with van der Waals surface area (Å²) in [5.41, 5.74) is -1.82. The topological polar surface area (TPSA) is 69.7 Å². The van der Waals surface area contributed by atoms with Gasteiger partial charge in [0.2, 0.25) is 0 Å². The van der Waals surface area contributed by atoms with E-state index in [1.54, 1.807) is 51.1 Å². The number of esters is 2. The number of hydrogen-bond acceptors (Lipinski definition) is 5. The molecule has 1 aromatic carbocycles. The van der Waals surface area contributed by atoms with Gasteiger partial charge in [0.15, 0.2) is 11.2 Å². The Morgan fingerprint density at radius 1 is 1.22 bits per heavy atom. The Balaban J connectivity index is 2.29. The minimum absolute atomic E-state index is 0.231. The number of rotatable bonds is 4. The molecular weight excluding hydrogens is 296 g/mol. The molecule has 1 heterocycles. The molecule has 5 nitrogen and oxygen atoms in total. The van der Waals surface area contributed by atoms with E-state index >= 15 is 0 Å². The first kappa shape index (κ1) is 17.2. The first-order valence-corrected chi connectivity index (χ1v) is 7.73. The fourth-order valence-corrected chi connectivity index (χ4v) is 2.57. The van der Waals surface area contributed by atoms with Crippen LogP contribution < -0.4 is 0 Å². The molecule has 2 rings (SSSR count). The highest BCUT2D eigenvalue weighted by Crippen LogP contribution is 2.37. The molecule has 1 atom stereocenters. The van der Waals surface area contributed by atoms with E-state index in [2.05, 4.69) is 0 Å². The van der Waals surface area contributed by atoms with Gasteiger partial charge in [0.25, 0.3) is 0 Å². The summed E-state index contributed by atoms with van der Waals surface area (Å²) in [6.07, 6.45) is 0.567. The van der Waals surface area contributed by atoms with Crippen molar-refractivity contribution in [3.63, 3.8) is 0 Å². The predicted molar refractivity (Wildman–Crippen MR) is 83.9 cm³/mol. The van der Waals surface area contributed by atoms with Crippen LogP contribution in [-0.4, -0.2) is 29.9 Å². The maximum absolute atomic E-state index is 12.6. The summed E-state index contributed by atoms with van der Waals surface area (Å²) in [6, 6.07) is 8.62. The lowest BCUT2D eigenvalue weighted by Gasteiger charge is -2.34. The highest BCUT2D eigenvalue weighted by molar-refractivity contribution is 6.07. The Bertz CT molecular complexity index is 600. The Morgan fingerprint density at radius 2 is 1.87 bits per heavy atom. The molecule has 0 bridgehead atoms. The number of cyclic esters (lactones) is 1. The van der Waals surface area contributed by atoms with Gasteiger partial charge in [-0.1, -0.05) is 30.3 Å². The van der Waals surface area contributed by atoms with Crippen molar-refractivity contribution in [2.45, 2.75) is 45.6 Å². The Labute approximate surface area is 136 Å². The van der Waals surface area contributed by atoms with E-state index in [1.807, 2.05) is 0 Å². The lowest BCUT2D eigenvalue weighted by Crippen LogP contribution is -2.48. The summed E-state index contributed by atoms with van der Waals surface area (Å²) in [4.78, 5) is 37.5. The largest absolute Gasteiger partial charge is 0.465 e. The molecule has 1 saturated heterocycles. The first-order valence-electron chi connectivity index (χ1n) is 7.73. The van der Waals surface area contributed by atoms with E-state index in [-0.39, 0.29) is 25.2 Å². The zero-order chi connectivity index (χ0) is 17.1. The van der Waals surface area contributed by atoms with Crippen LogP contribution in [0.4, 0.5) is 0 Å². The SMILES string of the molecule is CC(C)(C)OC(=O)C1(CC(=O)c2ccccc2)CCCOC1=O. The van der Waals surface area contributed by atoms with Crippen molar-refractivity contribution in [1.29, 1.82) is 0 Å². The zero-order valence-corrected chi connectivity index (χ0v) is 13.8. The minimum atomic E-state index is -1.54.